The summed E-state index contributed by atoms with van der Waals surface area (Å²) in [6.45, 7) is 7.14. The average Bonchev–Trinajstić information content (AvgIpc) is 2.35. The molecular formula is C14H20BrNO2. The van der Waals surface area contributed by atoms with Crippen molar-refractivity contribution in [3.05, 3.63) is 28.2 Å². The third kappa shape index (κ3) is 4.02. The number of carbonyl (C=O) groups excluding carboxylic acids is 1. The minimum Gasteiger partial charge on any atom is -0.496 e. The van der Waals surface area contributed by atoms with Gasteiger partial charge in [-0.25, -0.2) is 0 Å². The van der Waals surface area contributed by atoms with E-state index in [0.29, 0.717) is 23.9 Å². The van der Waals surface area contributed by atoms with Gasteiger partial charge in [0.1, 0.15) is 5.75 Å². The zero-order valence-electron chi connectivity index (χ0n) is 11.3. The molecule has 0 saturated carbocycles. The Balaban J connectivity index is 2.65. The molecular weight excluding hydrogens is 294 g/mol. The summed E-state index contributed by atoms with van der Waals surface area (Å²) in [7, 11) is 1.60. The number of benzene rings is 1. The molecule has 1 aromatic carbocycles. The van der Waals surface area contributed by atoms with Crippen LogP contribution in [0, 0.1) is 11.8 Å². The van der Waals surface area contributed by atoms with E-state index in [1.165, 1.54) is 0 Å². The van der Waals surface area contributed by atoms with Gasteiger partial charge in [-0.1, -0.05) is 20.8 Å². The highest BCUT2D eigenvalue weighted by Crippen LogP contribution is 2.25. The summed E-state index contributed by atoms with van der Waals surface area (Å²) in [4.78, 5) is 12.0. The minimum absolute atomic E-state index is 0.0501. The molecule has 0 aliphatic heterocycles. The molecule has 0 radical (unpaired) electrons. The molecule has 18 heavy (non-hydrogen) atoms. The van der Waals surface area contributed by atoms with Crippen LogP contribution in [0.15, 0.2) is 22.7 Å². The van der Waals surface area contributed by atoms with Crippen LogP contribution in [-0.4, -0.2) is 19.6 Å². The predicted octanol–water partition coefficient (Wildman–Crippen LogP) is 3.48. The first-order valence-corrected chi connectivity index (χ1v) is 6.86. The Morgan fingerprint density at radius 2 is 2.06 bits per heavy atom. The maximum absolute atomic E-state index is 12.0. The van der Waals surface area contributed by atoms with Crippen molar-refractivity contribution in [2.45, 2.75) is 20.8 Å². The molecule has 1 aromatic rings. The Bertz CT molecular complexity index is 418. The fraction of sp³-hybridized carbons (Fsp3) is 0.500. The van der Waals surface area contributed by atoms with E-state index in [0.717, 1.165) is 10.2 Å². The summed E-state index contributed by atoms with van der Waals surface area (Å²) in [6, 6.07) is 5.32. The lowest BCUT2D eigenvalue weighted by Gasteiger charge is -2.16. The van der Waals surface area contributed by atoms with Gasteiger partial charge < -0.3 is 10.1 Å². The zero-order valence-corrected chi connectivity index (χ0v) is 12.9. The van der Waals surface area contributed by atoms with Crippen molar-refractivity contribution < 1.29 is 9.53 Å². The van der Waals surface area contributed by atoms with Gasteiger partial charge >= 0.3 is 0 Å². The number of methoxy groups -OCH3 is 1. The molecule has 1 unspecified atom stereocenters. The number of halogens is 1. The average molecular weight is 314 g/mol. The van der Waals surface area contributed by atoms with Crippen molar-refractivity contribution >= 4 is 21.8 Å². The molecule has 0 aliphatic carbocycles. The van der Waals surface area contributed by atoms with Crippen molar-refractivity contribution in [1.29, 1.82) is 0 Å². The van der Waals surface area contributed by atoms with Crippen LogP contribution < -0.4 is 10.1 Å². The lowest BCUT2D eigenvalue weighted by atomic mass is 9.98. The first kappa shape index (κ1) is 15.0. The van der Waals surface area contributed by atoms with E-state index in [4.69, 9.17) is 4.74 Å². The number of rotatable bonds is 5. The number of amides is 1. The Hall–Kier alpha value is -1.03. The quantitative estimate of drug-likeness (QED) is 0.903. The fourth-order valence-electron chi connectivity index (χ4n) is 1.40. The molecule has 0 aliphatic rings. The molecule has 1 amide bonds. The Labute approximate surface area is 117 Å². The monoisotopic (exact) mass is 313 g/mol. The number of nitrogens with one attached hydrogen (secondary N) is 1. The van der Waals surface area contributed by atoms with E-state index in [2.05, 4.69) is 42.0 Å². The van der Waals surface area contributed by atoms with Crippen molar-refractivity contribution in [2.24, 2.45) is 11.8 Å². The highest BCUT2D eigenvalue weighted by Gasteiger charge is 2.11. The Morgan fingerprint density at radius 1 is 1.39 bits per heavy atom. The summed E-state index contributed by atoms with van der Waals surface area (Å²) in [5, 5.41) is 2.94. The Morgan fingerprint density at radius 3 is 2.56 bits per heavy atom. The van der Waals surface area contributed by atoms with Crippen LogP contribution in [0.2, 0.25) is 0 Å². The second-order valence-electron chi connectivity index (χ2n) is 4.78. The van der Waals surface area contributed by atoms with Gasteiger partial charge in [0, 0.05) is 12.1 Å². The number of hydrogen-bond acceptors (Lipinski definition) is 2. The summed E-state index contributed by atoms with van der Waals surface area (Å²) in [5.41, 5.74) is 0.638. The number of carbonyl (C=O) groups is 1. The molecule has 0 heterocycles. The highest BCUT2D eigenvalue weighted by atomic mass is 79.9. The van der Waals surface area contributed by atoms with Gasteiger partial charge in [0.25, 0.3) is 5.91 Å². The molecule has 0 saturated heterocycles. The van der Waals surface area contributed by atoms with Gasteiger partial charge in [0.05, 0.1) is 11.6 Å². The molecule has 0 fully saturated rings. The fourth-order valence-corrected chi connectivity index (χ4v) is 1.94. The molecule has 1 N–H and O–H groups in total. The zero-order chi connectivity index (χ0) is 13.7. The lowest BCUT2D eigenvalue weighted by molar-refractivity contribution is 0.0945. The molecule has 3 nitrogen and oxygen atoms in total. The van der Waals surface area contributed by atoms with E-state index < -0.39 is 0 Å². The van der Waals surface area contributed by atoms with Crippen LogP contribution >= 0.6 is 15.9 Å². The summed E-state index contributed by atoms with van der Waals surface area (Å²) < 4.78 is 5.92. The SMILES string of the molecule is COc1ccc(C(=O)NCC(C)C(C)C)cc1Br. The third-order valence-corrected chi connectivity index (χ3v) is 3.76. The van der Waals surface area contributed by atoms with Crippen LogP contribution in [0.3, 0.4) is 0 Å². The van der Waals surface area contributed by atoms with Crippen LogP contribution in [0.4, 0.5) is 0 Å². The second kappa shape index (κ2) is 6.78. The van der Waals surface area contributed by atoms with Gasteiger partial charge in [-0.05, 0) is 46.0 Å². The van der Waals surface area contributed by atoms with Crippen LogP contribution in [0.5, 0.6) is 5.75 Å². The van der Waals surface area contributed by atoms with Crippen molar-refractivity contribution in [3.8, 4) is 5.75 Å². The van der Waals surface area contributed by atoms with Gasteiger partial charge in [0.2, 0.25) is 0 Å². The lowest BCUT2D eigenvalue weighted by Crippen LogP contribution is -2.30. The number of ether oxygens (including phenoxy) is 1. The van der Waals surface area contributed by atoms with Gasteiger partial charge in [0.15, 0.2) is 0 Å². The van der Waals surface area contributed by atoms with E-state index >= 15 is 0 Å². The van der Waals surface area contributed by atoms with Crippen molar-refractivity contribution in [3.63, 3.8) is 0 Å². The van der Waals surface area contributed by atoms with Gasteiger partial charge in [-0.3, -0.25) is 4.79 Å². The second-order valence-corrected chi connectivity index (χ2v) is 5.63. The molecule has 1 atom stereocenters. The minimum atomic E-state index is -0.0501. The first-order valence-electron chi connectivity index (χ1n) is 6.07. The topological polar surface area (TPSA) is 38.3 Å². The first-order chi connectivity index (χ1) is 8.45. The third-order valence-electron chi connectivity index (χ3n) is 3.14. The maximum Gasteiger partial charge on any atom is 0.251 e. The smallest absolute Gasteiger partial charge is 0.251 e. The highest BCUT2D eigenvalue weighted by molar-refractivity contribution is 9.10. The largest absolute Gasteiger partial charge is 0.496 e. The maximum atomic E-state index is 12.0. The van der Waals surface area contributed by atoms with Crippen LogP contribution in [0.25, 0.3) is 0 Å². The van der Waals surface area contributed by atoms with Gasteiger partial charge in [-0.15, -0.1) is 0 Å². The summed E-state index contributed by atoms with van der Waals surface area (Å²) in [5.74, 6) is 1.71. The summed E-state index contributed by atoms with van der Waals surface area (Å²) >= 11 is 3.37. The normalized spacial score (nSPS) is 12.3. The molecule has 0 spiro atoms. The van der Waals surface area contributed by atoms with E-state index in [1.807, 2.05) is 0 Å². The summed E-state index contributed by atoms with van der Waals surface area (Å²) in [6.07, 6.45) is 0. The molecule has 0 aromatic heterocycles. The standard InChI is InChI=1S/C14H20BrNO2/c1-9(2)10(3)8-16-14(17)11-5-6-13(18-4)12(15)7-11/h5-7,9-10H,8H2,1-4H3,(H,16,17). The molecule has 100 valence electrons. The predicted molar refractivity (Wildman–Crippen MR) is 77.0 cm³/mol. The molecule has 4 heteroatoms. The molecule has 0 bridgehead atoms. The van der Waals surface area contributed by atoms with Gasteiger partial charge in [-0.2, -0.15) is 0 Å². The Kier molecular flexibility index (Phi) is 5.66. The van der Waals surface area contributed by atoms with E-state index in [9.17, 15) is 4.79 Å². The molecule has 1 rings (SSSR count). The number of hydrogen-bond donors (Lipinski definition) is 1. The van der Waals surface area contributed by atoms with Crippen molar-refractivity contribution in [1.82, 2.24) is 5.32 Å². The van der Waals surface area contributed by atoms with Crippen molar-refractivity contribution in [2.75, 3.05) is 13.7 Å². The van der Waals surface area contributed by atoms with Crippen LogP contribution in [0.1, 0.15) is 31.1 Å². The van der Waals surface area contributed by atoms with Crippen LogP contribution in [-0.2, 0) is 0 Å². The van der Waals surface area contributed by atoms with E-state index in [1.54, 1.807) is 25.3 Å². The van der Waals surface area contributed by atoms with E-state index in [-0.39, 0.29) is 5.91 Å².